The second-order valence-corrected chi connectivity index (χ2v) is 4.63. The summed E-state index contributed by atoms with van der Waals surface area (Å²) < 4.78 is 0. The van der Waals surface area contributed by atoms with Gasteiger partial charge in [0, 0.05) is 17.2 Å². The number of phenolic OH excluding ortho intramolecular Hbond substituents is 3. The van der Waals surface area contributed by atoms with Crippen LogP contribution in [0.15, 0.2) is 42.5 Å². The number of aromatic nitrogens is 3. The van der Waals surface area contributed by atoms with Crippen LogP contribution in [0.1, 0.15) is 0 Å². The summed E-state index contributed by atoms with van der Waals surface area (Å²) in [7, 11) is 0. The first-order valence-corrected chi connectivity index (χ1v) is 6.35. The first-order valence-electron chi connectivity index (χ1n) is 6.35. The standard InChI is InChI=1S/C15H12N4O3/c16-15-18-13(8-2-1-3-10(20)4-8)17-14(19-15)9-5-11(21)7-12(22)6-9/h1-7,20-22H,(H2,16,17,18,19). The molecule has 0 spiro atoms. The number of hydrogen-bond acceptors (Lipinski definition) is 7. The van der Waals surface area contributed by atoms with Crippen LogP contribution in [0.5, 0.6) is 17.2 Å². The van der Waals surface area contributed by atoms with Crippen molar-refractivity contribution in [2.75, 3.05) is 5.73 Å². The van der Waals surface area contributed by atoms with E-state index >= 15 is 0 Å². The number of nitrogen functional groups attached to an aromatic ring is 1. The Bertz CT molecular complexity index is 832. The molecule has 1 heterocycles. The first kappa shape index (κ1) is 13.6. The molecule has 0 fully saturated rings. The number of benzene rings is 2. The molecule has 3 aromatic rings. The molecule has 0 saturated heterocycles. The molecule has 0 atom stereocenters. The Labute approximate surface area is 125 Å². The zero-order valence-electron chi connectivity index (χ0n) is 11.3. The summed E-state index contributed by atoms with van der Waals surface area (Å²) in [6, 6.07) is 10.4. The van der Waals surface area contributed by atoms with Gasteiger partial charge in [-0.3, -0.25) is 0 Å². The van der Waals surface area contributed by atoms with Gasteiger partial charge in [0.25, 0.3) is 0 Å². The van der Waals surface area contributed by atoms with Crippen molar-refractivity contribution in [3.8, 4) is 40.0 Å². The van der Waals surface area contributed by atoms with Crippen LogP contribution in [0.4, 0.5) is 5.95 Å². The molecule has 0 aliphatic carbocycles. The zero-order chi connectivity index (χ0) is 15.7. The van der Waals surface area contributed by atoms with Gasteiger partial charge in [0.15, 0.2) is 11.6 Å². The Morgan fingerprint density at radius 3 is 1.91 bits per heavy atom. The average Bonchev–Trinajstić information content (AvgIpc) is 2.45. The van der Waals surface area contributed by atoms with E-state index in [1.165, 1.54) is 30.3 Å². The number of hydrogen-bond donors (Lipinski definition) is 4. The molecule has 0 unspecified atom stereocenters. The van der Waals surface area contributed by atoms with Gasteiger partial charge in [0.1, 0.15) is 17.2 Å². The highest BCUT2D eigenvalue weighted by molar-refractivity contribution is 5.65. The van der Waals surface area contributed by atoms with Crippen LogP contribution in [0, 0.1) is 0 Å². The van der Waals surface area contributed by atoms with Crippen molar-refractivity contribution < 1.29 is 15.3 Å². The summed E-state index contributed by atoms with van der Waals surface area (Å²) in [5.41, 5.74) is 6.66. The minimum Gasteiger partial charge on any atom is -0.508 e. The van der Waals surface area contributed by atoms with Crippen molar-refractivity contribution in [3.63, 3.8) is 0 Å². The topological polar surface area (TPSA) is 125 Å². The number of phenols is 3. The highest BCUT2D eigenvalue weighted by Crippen LogP contribution is 2.28. The summed E-state index contributed by atoms with van der Waals surface area (Å²) in [4.78, 5) is 12.3. The van der Waals surface area contributed by atoms with Crippen molar-refractivity contribution in [2.24, 2.45) is 0 Å². The predicted molar refractivity (Wildman–Crippen MR) is 80.1 cm³/mol. The van der Waals surface area contributed by atoms with E-state index in [9.17, 15) is 15.3 Å². The molecule has 110 valence electrons. The number of anilines is 1. The second-order valence-electron chi connectivity index (χ2n) is 4.63. The van der Waals surface area contributed by atoms with Gasteiger partial charge in [-0.25, -0.2) is 4.98 Å². The molecule has 7 heteroatoms. The van der Waals surface area contributed by atoms with Crippen molar-refractivity contribution in [3.05, 3.63) is 42.5 Å². The van der Waals surface area contributed by atoms with E-state index in [0.717, 1.165) is 0 Å². The maximum absolute atomic E-state index is 9.55. The van der Waals surface area contributed by atoms with Crippen LogP contribution in [0.2, 0.25) is 0 Å². The maximum atomic E-state index is 9.55. The molecule has 22 heavy (non-hydrogen) atoms. The highest BCUT2D eigenvalue weighted by atomic mass is 16.3. The fourth-order valence-electron chi connectivity index (χ4n) is 2.02. The second kappa shape index (κ2) is 5.21. The SMILES string of the molecule is Nc1nc(-c2cccc(O)c2)nc(-c2cc(O)cc(O)c2)n1. The van der Waals surface area contributed by atoms with E-state index in [4.69, 9.17) is 5.73 Å². The van der Waals surface area contributed by atoms with Gasteiger partial charge in [-0.1, -0.05) is 12.1 Å². The summed E-state index contributed by atoms with van der Waals surface area (Å²) in [5.74, 6) is 0.318. The summed E-state index contributed by atoms with van der Waals surface area (Å²) in [5, 5.41) is 28.6. The molecule has 5 N–H and O–H groups in total. The van der Waals surface area contributed by atoms with Gasteiger partial charge in [-0.05, 0) is 24.3 Å². The lowest BCUT2D eigenvalue weighted by molar-refractivity contribution is 0.451. The molecular formula is C15H12N4O3. The molecule has 0 aliphatic heterocycles. The molecule has 7 nitrogen and oxygen atoms in total. The van der Waals surface area contributed by atoms with Gasteiger partial charge in [0.2, 0.25) is 5.95 Å². The van der Waals surface area contributed by atoms with Crippen LogP contribution in [-0.4, -0.2) is 30.3 Å². The van der Waals surface area contributed by atoms with Crippen LogP contribution in [-0.2, 0) is 0 Å². The molecule has 0 bridgehead atoms. The molecule has 2 aromatic carbocycles. The van der Waals surface area contributed by atoms with E-state index in [-0.39, 0.29) is 34.8 Å². The van der Waals surface area contributed by atoms with E-state index in [1.807, 2.05) is 0 Å². The lowest BCUT2D eigenvalue weighted by Crippen LogP contribution is -2.02. The first-order chi connectivity index (χ1) is 10.5. The van der Waals surface area contributed by atoms with Gasteiger partial charge in [-0.15, -0.1) is 0 Å². The molecular weight excluding hydrogens is 284 g/mol. The summed E-state index contributed by atoms with van der Waals surface area (Å²) >= 11 is 0. The number of rotatable bonds is 2. The van der Waals surface area contributed by atoms with Crippen LogP contribution in [0.25, 0.3) is 22.8 Å². The summed E-state index contributed by atoms with van der Waals surface area (Å²) in [6.45, 7) is 0. The minimum absolute atomic E-state index is 0.00817. The highest BCUT2D eigenvalue weighted by Gasteiger charge is 2.11. The lowest BCUT2D eigenvalue weighted by Gasteiger charge is -2.06. The van der Waals surface area contributed by atoms with E-state index in [1.54, 1.807) is 12.1 Å². The molecule has 0 radical (unpaired) electrons. The van der Waals surface area contributed by atoms with Crippen LogP contribution >= 0.6 is 0 Å². The normalized spacial score (nSPS) is 10.5. The zero-order valence-corrected chi connectivity index (χ0v) is 11.3. The molecule has 0 saturated carbocycles. The van der Waals surface area contributed by atoms with Gasteiger partial charge >= 0.3 is 0 Å². The molecule has 0 amide bonds. The maximum Gasteiger partial charge on any atom is 0.224 e. The molecule has 0 aliphatic rings. The third-order valence-corrected chi connectivity index (χ3v) is 2.92. The largest absolute Gasteiger partial charge is 0.508 e. The van der Waals surface area contributed by atoms with Crippen molar-refractivity contribution in [2.45, 2.75) is 0 Å². The van der Waals surface area contributed by atoms with Crippen LogP contribution < -0.4 is 5.73 Å². The Hall–Kier alpha value is -3.35. The van der Waals surface area contributed by atoms with Crippen molar-refractivity contribution in [1.29, 1.82) is 0 Å². The van der Waals surface area contributed by atoms with E-state index in [0.29, 0.717) is 11.1 Å². The fraction of sp³-hybridized carbons (Fsp3) is 0. The summed E-state index contributed by atoms with van der Waals surface area (Å²) in [6.07, 6.45) is 0. The predicted octanol–water partition coefficient (Wildman–Crippen LogP) is 1.90. The smallest absolute Gasteiger partial charge is 0.224 e. The third kappa shape index (κ3) is 2.73. The monoisotopic (exact) mass is 296 g/mol. The quantitative estimate of drug-likeness (QED) is 0.569. The van der Waals surface area contributed by atoms with E-state index in [2.05, 4.69) is 15.0 Å². The van der Waals surface area contributed by atoms with Crippen molar-refractivity contribution in [1.82, 2.24) is 15.0 Å². The number of aromatic hydroxyl groups is 3. The Balaban J connectivity index is 2.14. The Morgan fingerprint density at radius 2 is 1.27 bits per heavy atom. The molecule has 1 aromatic heterocycles. The van der Waals surface area contributed by atoms with Gasteiger partial charge in [-0.2, -0.15) is 9.97 Å². The third-order valence-electron chi connectivity index (χ3n) is 2.92. The van der Waals surface area contributed by atoms with Crippen LogP contribution in [0.3, 0.4) is 0 Å². The van der Waals surface area contributed by atoms with Gasteiger partial charge < -0.3 is 21.1 Å². The number of nitrogens with zero attached hydrogens (tertiary/aromatic N) is 3. The lowest BCUT2D eigenvalue weighted by atomic mass is 10.1. The Morgan fingerprint density at radius 1 is 0.682 bits per heavy atom. The molecule has 3 rings (SSSR count). The number of nitrogens with two attached hydrogens (primary N) is 1. The fourth-order valence-corrected chi connectivity index (χ4v) is 2.02. The van der Waals surface area contributed by atoms with E-state index < -0.39 is 0 Å². The average molecular weight is 296 g/mol. The minimum atomic E-state index is -0.118. The van der Waals surface area contributed by atoms with Crippen molar-refractivity contribution >= 4 is 5.95 Å². The Kier molecular flexibility index (Phi) is 3.23. The van der Waals surface area contributed by atoms with Gasteiger partial charge in [0.05, 0.1) is 0 Å².